The minimum absolute atomic E-state index is 0.111. The number of amides is 1. The van der Waals surface area contributed by atoms with E-state index in [-0.39, 0.29) is 19.4 Å². The van der Waals surface area contributed by atoms with Gasteiger partial charge < -0.3 is 45.1 Å². The number of allylic oxidation sites excluding steroid dienone is 15. The van der Waals surface area contributed by atoms with Gasteiger partial charge in [0.25, 0.3) is 0 Å². The Morgan fingerprint density at radius 2 is 0.889 bits per heavy atom. The molecule has 8 atom stereocenters. The molecule has 0 spiro atoms. The van der Waals surface area contributed by atoms with E-state index in [0.717, 1.165) is 122 Å². The number of nitrogens with one attached hydrogen (secondary N) is 1. The zero-order valence-electron chi connectivity index (χ0n) is 51.6. The van der Waals surface area contributed by atoms with Gasteiger partial charge in [-0.3, -0.25) is 9.59 Å². The fraction of sp³-hybridized carbons (Fsp3) is 0.743. The molecule has 1 amide bonds. The third kappa shape index (κ3) is 44.7. The lowest BCUT2D eigenvalue weighted by atomic mass is 9.99. The molecule has 1 aliphatic heterocycles. The number of carbonyl (C=O) groups excluding carboxylic acids is 2. The van der Waals surface area contributed by atoms with Gasteiger partial charge in [0.05, 0.1) is 25.4 Å². The molecule has 1 aliphatic rings. The van der Waals surface area contributed by atoms with E-state index in [0.29, 0.717) is 12.8 Å². The van der Waals surface area contributed by atoms with Crippen LogP contribution in [0.5, 0.6) is 0 Å². The summed E-state index contributed by atoms with van der Waals surface area (Å²) in [5, 5.41) is 57.1. The van der Waals surface area contributed by atoms with E-state index in [9.17, 15) is 35.1 Å². The highest BCUT2D eigenvalue weighted by Crippen LogP contribution is 2.26. The Hall–Kier alpha value is -3.42. The first-order chi connectivity index (χ1) is 39.7. The molecule has 11 nitrogen and oxygen atoms in total. The van der Waals surface area contributed by atoms with Crippen molar-refractivity contribution in [2.24, 2.45) is 0 Å². The number of rotatable bonds is 55. The summed E-state index contributed by atoms with van der Waals surface area (Å²) in [6, 6.07) is -1.03. The van der Waals surface area contributed by atoms with Crippen LogP contribution in [0.1, 0.15) is 271 Å². The molecule has 81 heavy (non-hydrogen) atoms. The highest BCUT2D eigenvalue weighted by atomic mass is 16.7. The number of unbranched alkanes of at least 4 members (excludes halogenated alkanes) is 27. The molecular formula is C70H121NO10. The van der Waals surface area contributed by atoms with Crippen molar-refractivity contribution in [3.05, 3.63) is 97.2 Å². The number of hydrogen-bond acceptors (Lipinski definition) is 10. The molecule has 1 saturated heterocycles. The molecule has 0 aliphatic carbocycles. The lowest BCUT2D eigenvalue weighted by Gasteiger charge is -2.41. The van der Waals surface area contributed by atoms with Crippen molar-refractivity contribution in [3.8, 4) is 0 Å². The van der Waals surface area contributed by atoms with Crippen molar-refractivity contribution < 1.29 is 49.3 Å². The third-order valence-electron chi connectivity index (χ3n) is 15.0. The van der Waals surface area contributed by atoms with Crippen molar-refractivity contribution >= 4 is 11.9 Å². The summed E-state index contributed by atoms with van der Waals surface area (Å²) in [5.74, 6) is -1.21. The number of ether oxygens (including phenoxy) is 3. The van der Waals surface area contributed by atoms with Gasteiger partial charge in [-0.15, -0.1) is 0 Å². The molecule has 0 radical (unpaired) electrons. The van der Waals surface area contributed by atoms with Gasteiger partial charge in [-0.2, -0.15) is 0 Å². The molecule has 466 valence electrons. The zero-order chi connectivity index (χ0) is 58.9. The summed E-state index contributed by atoms with van der Waals surface area (Å²) < 4.78 is 17.6. The Kier molecular flexibility index (Phi) is 53.2. The number of aliphatic hydroxyl groups excluding tert-OH is 5. The molecule has 1 rings (SSSR count). The van der Waals surface area contributed by atoms with Crippen LogP contribution in [0.25, 0.3) is 0 Å². The Labute approximate surface area is 495 Å². The molecule has 11 heteroatoms. The van der Waals surface area contributed by atoms with Gasteiger partial charge >= 0.3 is 5.97 Å². The largest absolute Gasteiger partial charge is 0.454 e. The van der Waals surface area contributed by atoms with E-state index in [1.807, 2.05) is 6.08 Å². The van der Waals surface area contributed by atoms with E-state index in [2.05, 4.69) is 111 Å². The van der Waals surface area contributed by atoms with Crippen LogP contribution >= 0.6 is 0 Å². The molecular weight excluding hydrogens is 1010 g/mol. The molecule has 0 aromatic carbocycles. The van der Waals surface area contributed by atoms with Crippen LogP contribution in [0.4, 0.5) is 0 Å². The van der Waals surface area contributed by atoms with E-state index in [1.165, 1.54) is 103 Å². The average molecular weight is 1140 g/mol. The van der Waals surface area contributed by atoms with Crippen LogP contribution < -0.4 is 5.32 Å². The van der Waals surface area contributed by atoms with Crippen molar-refractivity contribution in [1.29, 1.82) is 0 Å². The molecule has 8 unspecified atom stereocenters. The second-order valence-corrected chi connectivity index (χ2v) is 22.4. The van der Waals surface area contributed by atoms with Crippen LogP contribution in [-0.4, -0.2) is 99.6 Å². The molecule has 0 aromatic heterocycles. The van der Waals surface area contributed by atoms with Crippen LogP contribution in [0.2, 0.25) is 0 Å². The van der Waals surface area contributed by atoms with Crippen LogP contribution in [-0.2, 0) is 23.8 Å². The Bertz CT molecular complexity index is 1690. The van der Waals surface area contributed by atoms with Crippen molar-refractivity contribution in [1.82, 2.24) is 5.32 Å². The number of carbonyl (C=O) groups is 2. The Morgan fingerprint density at radius 3 is 1.33 bits per heavy atom. The molecule has 1 heterocycles. The number of esters is 1. The fourth-order valence-corrected chi connectivity index (χ4v) is 9.83. The average Bonchev–Trinajstić information content (AvgIpc) is 3.48. The van der Waals surface area contributed by atoms with E-state index >= 15 is 0 Å². The first-order valence-corrected chi connectivity index (χ1v) is 33.0. The van der Waals surface area contributed by atoms with Crippen LogP contribution in [0.3, 0.4) is 0 Å². The normalized spacial score (nSPS) is 19.3. The minimum atomic E-state index is -1.62. The monoisotopic (exact) mass is 1140 g/mol. The van der Waals surface area contributed by atoms with Crippen LogP contribution in [0, 0.1) is 0 Å². The van der Waals surface area contributed by atoms with Crippen molar-refractivity contribution in [2.45, 2.75) is 320 Å². The van der Waals surface area contributed by atoms with Crippen molar-refractivity contribution in [2.75, 3.05) is 13.2 Å². The number of hydrogen-bond donors (Lipinski definition) is 6. The second-order valence-electron chi connectivity index (χ2n) is 22.4. The first-order valence-electron chi connectivity index (χ1n) is 33.0. The van der Waals surface area contributed by atoms with E-state index in [4.69, 9.17) is 14.2 Å². The molecule has 0 saturated carbocycles. The number of aliphatic hydroxyl groups is 5. The molecule has 0 aromatic rings. The Balaban J connectivity index is 2.60. The maximum atomic E-state index is 13.5. The van der Waals surface area contributed by atoms with E-state index < -0.39 is 67.4 Å². The van der Waals surface area contributed by atoms with Gasteiger partial charge in [0.1, 0.15) is 24.4 Å². The summed E-state index contributed by atoms with van der Waals surface area (Å²) in [5.41, 5.74) is 0. The second kappa shape index (κ2) is 57.0. The Morgan fingerprint density at radius 1 is 0.494 bits per heavy atom. The highest BCUT2D eigenvalue weighted by molar-refractivity contribution is 5.80. The standard InChI is InChI=1S/C70H121NO10/c1-4-7-10-13-16-19-22-25-27-28-29-30-31-32-33-34-35-36-37-38-39-42-45-48-51-54-57-63(74)69(78)71-61(62(73)56-53-50-47-44-41-24-21-18-15-12-9-6-3)60-79-70-68(67(77)66(76)64(59-72)80-70)81-65(75)58-55-52-49-46-43-40-26-23-20-17-14-11-8-5-2/h7-8,10-11,16-17,19-20,25,27,29-30,32-33,53,56,61-64,66-68,70,72-74,76-77H,4-6,9,12-15,18,21-24,26,28,31,34-52,54-55,57-60H2,1-3H3,(H,71,78)/b10-7-,11-8+,19-16-,20-17+,27-25-,30-29-,33-32-,56-53+. The zero-order valence-corrected chi connectivity index (χ0v) is 51.6. The first kappa shape index (κ1) is 75.6. The minimum Gasteiger partial charge on any atom is -0.454 e. The summed E-state index contributed by atoms with van der Waals surface area (Å²) in [6.45, 7) is 5.57. The quantitative estimate of drug-likeness (QED) is 0.0195. The van der Waals surface area contributed by atoms with Crippen molar-refractivity contribution in [3.63, 3.8) is 0 Å². The summed E-state index contributed by atoms with van der Waals surface area (Å²) in [7, 11) is 0. The van der Waals surface area contributed by atoms with Gasteiger partial charge in [0.15, 0.2) is 12.4 Å². The van der Waals surface area contributed by atoms with Gasteiger partial charge in [-0.1, -0.05) is 266 Å². The lowest BCUT2D eigenvalue weighted by Crippen LogP contribution is -2.61. The smallest absolute Gasteiger partial charge is 0.306 e. The van der Waals surface area contributed by atoms with Gasteiger partial charge in [-0.05, 0) is 96.3 Å². The summed E-state index contributed by atoms with van der Waals surface area (Å²) in [4.78, 5) is 26.6. The van der Waals surface area contributed by atoms with E-state index in [1.54, 1.807) is 6.08 Å². The predicted molar refractivity (Wildman–Crippen MR) is 338 cm³/mol. The van der Waals surface area contributed by atoms with Gasteiger partial charge in [-0.25, -0.2) is 0 Å². The third-order valence-corrected chi connectivity index (χ3v) is 15.0. The van der Waals surface area contributed by atoms with Crippen LogP contribution in [0.15, 0.2) is 97.2 Å². The fourth-order valence-electron chi connectivity index (χ4n) is 9.83. The molecule has 1 fully saturated rings. The molecule has 0 bridgehead atoms. The lowest BCUT2D eigenvalue weighted by molar-refractivity contribution is -0.305. The predicted octanol–water partition coefficient (Wildman–Crippen LogP) is 16.3. The summed E-state index contributed by atoms with van der Waals surface area (Å²) >= 11 is 0. The maximum absolute atomic E-state index is 13.5. The highest BCUT2D eigenvalue weighted by Gasteiger charge is 2.47. The summed E-state index contributed by atoms with van der Waals surface area (Å²) in [6.07, 6.45) is 65.9. The van der Waals surface area contributed by atoms with Gasteiger partial charge in [0, 0.05) is 6.42 Å². The maximum Gasteiger partial charge on any atom is 0.306 e. The van der Waals surface area contributed by atoms with Gasteiger partial charge in [0.2, 0.25) is 5.91 Å². The topological polar surface area (TPSA) is 175 Å². The molecule has 6 N–H and O–H groups in total. The SMILES string of the molecule is CC/C=C\C/C=C\C/C=C\C/C=C\C/C=C\CCCCCCCCCCCCC(O)C(=O)NC(COC1OC(CO)C(O)C(O)C1OC(=O)CCCCCCCCC/C=C/C/C=C/CC)C(O)/C=C/CCCCCCCCCCCC.